The minimum atomic E-state index is -0.197. The molecule has 2 rings (SSSR count). The van der Waals surface area contributed by atoms with Crippen LogP contribution >= 0.6 is 11.6 Å². The molecule has 21 heavy (non-hydrogen) atoms. The van der Waals surface area contributed by atoms with Crippen LogP contribution < -0.4 is 0 Å². The SMILES string of the molecule is COC(CCN1C=C(c2ccc(C)nc2Cl)C=NC1)OC. The molecular formula is C15H20ClN3O2. The number of halogens is 1. The lowest BCUT2D eigenvalue weighted by atomic mass is 10.1. The highest BCUT2D eigenvalue weighted by Crippen LogP contribution is 2.23. The smallest absolute Gasteiger partial charge is 0.158 e. The number of nitrogens with zero attached hydrogens (tertiary/aromatic N) is 3. The largest absolute Gasteiger partial charge is 0.358 e. The minimum absolute atomic E-state index is 0.197. The zero-order chi connectivity index (χ0) is 15.2. The first kappa shape index (κ1) is 15.9. The molecule has 5 nitrogen and oxygen atoms in total. The number of rotatable bonds is 6. The Labute approximate surface area is 130 Å². The molecule has 0 bridgehead atoms. The lowest BCUT2D eigenvalue weighted by Crippen LogP contribution is -2.26. The van der Waals surface area contributed by atoms with Crippen molar-refractivity contribution in [2.75, 3.05) is 27.4 Å². The van der Waals surface area contributed by atoms with Crippen LogP contribution in [-0.4, -0.2) is 49.8 Å². The Bertz CT molecular complexity index is 542. The average Bonchev–Trinajstić information content (AvgIpc) is 2.48. The predicted octanol–water partition coefficient (Wildman–Crippen LogP) is 2.74. The van der Waals surface area contributed by atoms with Crippen LogP contribution in [-0.2, 0) is 9.47 Å². The third kappa shape index (κ3) is 4.27. The number of hydrogen-bond acceptors (Lipinski definition) is 5. The Hall–Kier alpha value is -1.43. The fourth-order valence-corrected chi connectivity index (χ4v) is 2.44. The van der Waals surface area contributed by atoms with Gasteiger partial charge in [-0.15, -0.1) is 0 Å². The fourth-order valence-electron chi connectivity index (χ4n) is 2.13. The zero-order valence-corrected chi connectivity index (χ0v) is 13.3. The molecule has 0 amide bonds. The van der Waals surface area contributed by atoms with Gasteiger partial charge in [0.05, 0.1) is 0 Å². The molecule has 0 spiro atoms. The topological polar surface area (TPSA) is 47.0 Å². The molecule has 0 aliphatic carbocycles. The van der Waals surface area contributed by atoms with Gasteiger partial charge in [-0.05, 0) is 19.1 Å². The maximum atomic E-state index is 6.21. The van der Waals surface area contributed by atoms with E-state index >= 15 is 0 Å². The third-order valence-electron chi connectivity index (χ3n) is 3.29. The summed E-state index contributed by atoms with van der Waals surface area (Å²) >= 11 is 6.21. The highest BCUT2D eigenvalue weighted by molar-refractivity contribution is 6.32. The molecule has 2 heterocycles. The van der Waals surface area contributed by atoms with E-state index in [1.807, 2.05) is 31.5 Å². The number of ether oxygens (including phenoxy) is 2. The van der Waals surface area contributed by atoms with Crippen LogP contribution in [0.4, 0.5) is 0 Å². The second-order valence-corrected chi connectivity index (χ2v) is 5.19. The molecule has 0 radical (unpaired) electrons. The summed E-state index contributed by atoms with van der Waals surface area (Å²) in [6.07, 6.45) is 4.45. The zero-order valence-electron chi connectivity index (χ0n) is 12.5. The van der Waals surface area contributed by atoms with Crippen molar-refractivity contribution in [3.05, 3.63) is 34.7 Å². The van der Waals surface area contributed by atoms with Crippen LogP contribution in [0.1, 0.15) is 17.7 Å². The molecule has 1 aromatic heterocycles. The normalized spacial score (nSPS) is 14.7. The van der Waals surface area contributed by atoms with Crippen molar-refractivity contribution in [3.63, 3.8) is 0 Å². The number of allylic oxidation sites excluding steroid dienone is 1. The monoisotopic (exact) mass is 309 g/mol. The van der Waals surface area contributed by atoms with E-state index in [0.717, 1.165) is 29.8 Å². The minimum Gasteiger partial charge on any atom is -0.358 e. The van der Waals surface area contributed by atoms with Gasteiger partial charge in [0.25, 0.3) is 0 Å². The highest BCUT2D eigenvalue weighted by atomic mass is 35.5. The summed E-state index contributed by atoms with van der Waals surface area (Å²) in [5.74, 6) is 0. The Morgan fingerprint density at radius 2 is 2.10 bits per heavy atom. The Kier molecular flexibility index (Phi) is 5.73. The molecule has 0 saturated carbocycles. The van der Waals surface area contributed by atoms with E-state index in [4.69, 9.17) is 21.1 Å². The van der Waals surface area contributed by atoms with Crippen molar-refractivity contribution in [1.82, 2.24) is 9.88 Å². The summed E-state index contributed by atoms with van der Waals surface area (Å²) < 4.78 is 10.4. The van der Waals surface area contributed by atoms with E-state index in [0.29, 0.717) is 11.8 Å². The molecule has 0 unspecified atom stereocenters. The number of aromatic nitrogens is 1. The molecule has 0 saturated heterocycles. The summed E-state index contributed by atoms with van der Waals surface area (Å²) in [6.45, 7) is 3.34. The van der Waals surface area contributed by atoms with Gasteiger partial charge in [0.2, 0.25) is 0 Å². The lowest BCUT2D eigenvalue weighted by molar-refractivity contribution is -0.108. The molecular weight excluding hydrogens is 290 g/mol. The van der Waals surface area contributed by atoms with Gasteiger partial charge in [0.1, 0.15) is 11.8 Å². The maximum Gasteiger partial charge on any atom is 0.158 e. The van der Waals surface area contributed by atoms with Gasteiger partial charge in [0.15, 0.2) is 6.29 Å². The van der Waals surface area contributed by atoms with Crippen LogP contribution in [0.2, 0.25) is 5.15 Å². The summed E-state index contributed by atoms with van der Waals surface area (Å²) in [6, 6.07) is 3.92. The molecule has 0 aromatic carbocycles. The molecule has 114 valence electrons. The molecule has 0 N–H and O–H groups in total. The van der Waals surface area contributed by atoms with E-state index in [1.54, 1.807) is 14.2 Å². The van der Waals surface area contributed by atoms with Crippen molar-refractivity contribution in [1.29, 1.82) is 0 Å². The first-order valence-corrected chi connectivity index (χ1v) is 7.16. The van der Waals surface area contributed by atoms with Crippen LogP contribution in [0.5, 0.6) is 0 Å². The maximum absolute atomic E-state index is 6.21. The number of methoxy groups -OCH3 is 2. The molecule has 0 atom stereocenters. The second kappa shape index (κ2) is 7.54. The van der Waals surface area contributed by atoms with Crippen molar-refractivity contribution in [2.24, 2.45) is 4.99 Å². The van der Waals surface area contributed by atoms with Gasteiger partial charge in [-0.3, -0.25) is 4.99 Å². The fraction of sp³-hybridized carbons (Fsp3) is 0.467. The van der Waals surface area contributed by atoms with Crippen molar-refractivity contribution in [2.45, 2.75) is 19.6 Å². The van der Waals surface area contributed by atoms with Crippen LogP contribution in [0.3, 0.4) is 0 Å². The van der Waals surface area contributed by atoms with Gasteiger partial charge < -0.3 is 14.4 Å². The average molecular weight is 310 g/mol. The van der Waals surface area contributed by atoms with Gasteiger partial charge in [-0.2, -0.15) is 0 Å². The summed E-state index contributed by atoms with van der Waals surface area (Å²) in [5.41, 5.74) is 2.76. The van der Waals surface area contributed by atoms with Gasteiger partial charge >= 0.3 is 0 Å². The third-order valence-corrected chi connectivity index (χ3v) is 3.58. The van der Waals surface area contributed by atoms with Gasteiger partial charge in [0, 0.05) is 56.4 Å². The highest BCUT2D eigenvalue weighted by Gasteiger charge is 2.13. The van der Waals surface area contributed by atoms with Crippen molar-refractivity contribution >= 4 is 23.4 Å². The van der Waals surface area contributed by atoms with E-state index in [9.17, 15) is 0 Å². The van der Waals surface area contributed by atoms with Gasteiger partial charge in [-0.25, -0.2) is 4.98 Å². The predicted molar refractivity (Wildman–Crippen MR) is 84.4 cm³/mol. The Morgan fingerprint density at radius 3 is 2.76 bits per heavy atom. The molecule has 1 aliphatic heterocycles. The van der Waals surface area contributed by atoms with E-state index in [1.165, 1.54) is 0 Å². The van der Waals surface area contributed by atoms with Gasteiger partial charge in [-0.1, -0.05) is 11.6 Å². The first-order chi connectivity index (χ1) is 10.1. The molecule has 6 heteroatoms. The quantitative estimate of drug-likeness (QED) is 0.599. The second-order valence-electron chi connectivity index (χ2n) is 4.83. The summed E-state index contributed by atoms with van der Waals surface area (Å²) in [7, 11) is 3.28. The van der Waals surface area contributed by atoms with Crippen LogP contribution in [0.25, 0.3) is 5.57 Å². The first-order valence-electron chi connectivity index (χ1n) is 6.79. The van der Waals surface area contributed by atoms with E-state index < -0.39 is 0 Å². The van der Waals surface area contributed by atoms with Crippen molar-refractivity contribution < 1.29 is 9.47 Å². The van der Waals surface area contributed by atoms with E-state index in [-0.39, 0.29) is 6.29 Å². The summed E-state index contributed by atoms with van der Waals surface area (Å²) in [4.78, 5) is 10.8. The lowest BCUT2D eigenvalue weighted by Gasteiger charge is -2.24. The Morgan fingerprint density at radius 1 is 1.33 bits per heavy atom. The van der Waals surface area contributed by atoms with E-state index in [2.05, 4.69) is 14.9 Å². The number of pyridine rings is 1. The number of aliphatic imine (C=N–C) groups is 1. The van der Waals surface area contributed by atoms with Crippen molar-refractivity contribution in [3.8, 4) is 0 Å². The Balaban J connectivity index is 2.08. The summed E-state index contributed by atoms with van der Waals surface area (Å²) in [5, 5.41) is 0.501. The number of hydrogen-bond donors (Lipinski definition) is 0. The standard InChI is InChI=1S/C15H20ClN3O2/c1-11-4-5-13(15(16)18-11)12-8-17-10-19(9-12)7-6-14(20-2)21-3/h4-5,8-9,14H,6-7,10H2,1-3H3. The molecule has 1 aromatic rings. The van der Waals surface area contributed by atoms with Crippen LogP contribution in [0.15, 0.2) is 23.3 Å². The molecule has 0 fully saturated rings. The molecule has 1 aliphatic rings. The van der Waals surface area contributed by atoms with Crippen LogP contribution in [0, 0.1) is 6.92 Å². The number of aryl methyl sites for hydroxylation is 1.